The van der Waals surface area contributed by atoms with Crippen molar-refractivity contribution in [2.75, 3.05) is 45.8 Å². The van der Waals surface area contributed by atoms with Gasteiger partial charge in [-0.25, -0.2) is 4.39 Å². The predicted octanol–water partition coefficient (Wildman–Crippen LogP) is 5.77. The van der Waals surface area contributed by atoms with Crippen molar-refractivity contribution in [3.63, 3.8) is 0 Å². The molecule has 0 spiro atoms. The summed E-state index contributed by atoms with van der Waals surface area (Å²) in [6, 6.07) is 6.21. The van der Waals surface area contributed by atoms with Gasteiger partial charge in [0.25, 0.3) is 5.91 Å². The van der Waals surface area contributed by atoms with Crippen molar-refractivity contribution in [2.24, 2.45) is 17.3 Å². The van der Waals surface area contributed by atoms with Crippen molar-refractivity contribution in [3.05, 3.63) is 47.3 Å². The molecule has 1 saturated heterocycles. The summed E-state index contributed by atoms with van der Waals surface area (Å²) in [4.78, 5) is 32.3. The Labute approximate surface area is 223 Å². The highest BCUT2D eigenvalue weighted by Gasteiger charge is 2.51. The highest BCUT2D eigenvalue weighted by atomic mass is 19.1. The first-order valence-electron chi connectivity index (χ1n) is 14.5. The molecule has 204 valence electrons. The van der Waals surface area contributed by atoms with E-state index < -0.39 is 5.82 Å². The lowest BCUT2D eigenvalue weighted by Gasteiger charge is -2.57. The number of benzene rings is 1. The van der Waals surface area contributed by atoms with Crippen molar-refractivity contribution in [2.45, 2.75) is 72.1 Å². The van der Waals surface area contributed by atoms with Crippen molar-refractivity contribution < 1.29 is 14.0 Å². The van der Waals surface area contributed by atoms with Crippen LogP contribution >= 0.6 is 0 Å². The Morgan fingerprint density at radius 3 is 2.46 bits per heavy atom. The van der Waals surface area contributed by atoms with Crippen molar-refractivity contribution in [3.8, 4) is 0 Å². The van der Waals surface area contributed by atoms with Gasteiger partial charge in [0, 0.05) is 52.2 Å². The number of unbranched alkanes of at least 4 members (excludes halogenated alkanes) is 4. The summed E-state index contributed by atoms with van der Waals surface area (Å²) in [5.41, 5.74) is 1.97. The van der Waals surface area contributed by atoms with Crippen LogP contribution in [0, 0.1) is 23.1 Å². The first kappa shape index (κ1) is 27.8. The smallest absolute Gasteiger partial charge is 0.256 e. The first-order chi connectivity index (χ1) is 17.8. The summed E-state index contributed by atoms with van der Waals surface area (Å²) >= 11 is 0. The average molecular weight is 512 g/mol. The lowest BCUT2D eigenvalue weighted by molar-refractivity contribution is -0.131. The Morgan fingerprint density at radius 1 is 1.05 bits per heavy atom. The van der Waals surface area contributed by atoms with Crippen molar-refractivity contribution in [1.82, 2.24) is 14.7 Å². The Balaban J connectivity index is 1.30. The maximum atomic E-state index is 14.1. The topological polar surface area (TPSA) is 43.9 Å². The standard InChI is InChI=1S/C31H46FN3O2/c1-4-5-6-7-8-13-29(36)35(23-24-14-15-25-22-27(24)31(25,2)3)21-18-33-16-19-34(20-17-33)30(37)26-11-9-10-12-28(26)32/h9-12,14,25,27H,4-8,13,15-23H2,1-3H3. The van der Waals surface area contributed by atoms with Crippen LogP contribution in [0.15, 0.2) is 35.9 Å². The van der Waals surface area contributed by atoms with Crippen molar-refractivity contribution in [1.29, 1.82) is 0 Å². The summed E-state index contributed by atoms with van der Waals surface area (Å²) in [5, 5.41) is 0. The number of allylic oxidation sites excluding steroid dienone is 1. The van der Waals surface area contributed by atoms with Crippen LogP contribution in [0.4, 0.5) is 4.39 Å². The molecule has 3 aliphatic carbocycles. The van der Waals surface area contributed by atoms with Crippen LogP contribution < -0.4 is 0 Å². The fourth-order valence-corrected chi connectivity index (χ4v) is 6.45. The minimum absolute atomic E-state index is 0.147. The molecular weight excluding hydrogens is 465 g/mol. The van der Waals surface area contributed by atoms with Gasteiger partial charge in [0.2, 0.25) is 5.91 Å². The van der Waals surface area contributed by atoms with E-state index in [0.29, 0.717) is 30.8 Å². The number of carbonyl (C=O) groups excluding carboxylic acids is 2. The molecule has 1 saturated carbocycles. The molecule has 2 unspecified atom stereocenters. The molecule has 0 aromatic heterocycles. The number of nitrogens with zero attached hydrogens (tertiary/aromatic N) is 3. The van der Waals surface area contributed by atoms with E-state index in [2.05, 4.69) is 36.6 Å². The fraction of sp³-hybridized carbons (Fsp3) is 0.677. The van der Waals surface area contributed by atoms with Crippen LogP contribution in [0.5, 0.6) is 0 Å². The van der Waals surface area contributed by atoms with Crippen molar-refractivity contribution >= 4 is 11.8 Å². The highest BCUT2D eigenvalue weighted by molar-refractivity contribution is 5.94. The SMILES string of the molecule is CCCCCCCC(=O)N(CCN1CCN(C(=O)c2ccccc2F)CC1)CC1=CCC2CC1C2(C)C. The molecule has 0 N–H and O–H groups in total. The Bertz CT molecular complexity index is 967. The van der Waals surface area contributed by atoms with Gasteiger partial charge in [-0.1, -0.05) is 70.2 Å². The zero-order chi connectivity index (χ0) is 26.4. The third-order valence-electron chi connectivity index (χ3n) is 9.25. The molecule has 5 nitrogen and oxygen atoms in total. The molecule has 1 aliphatic heterocycles. The van der Waals surface area contributed by atoms with Gasteiger partial charge in [0.15, 0.2) is 0 Å². The van der Waals surface area contributed by atoms with Gasteiger partial charge >= 0.3 is 0 Å². The normalized spacial score (nSPS) is 22.8. The molecular formula is C31H46FN3O2. The molecule has 37 heavy (non-hydrogen) atoms. The summed E-state index contributed by atoms with van der Waals surface area (Å²) in [6.45, 7) is 12.0. The third-order valence-corrected chi connectivity index (χ3v) is 9.25. The number of rotatable bonds is 12. The maximum Gasteiger partial charge on any atom is 0.256 e. The molecule has 1 aromatic carbocycles. The number of hydrogen-bond donors (Lipinski definition) is 0. The van der Waals surface area contributed by atoms with E-state index in [9.17, 15) is 14.0 Å². The first-order valence-corrected chi connectivity index (χ1v) is 14.5. The zero-order valence-electron chi connectivity index (χ0n) is 23.2. The van der Waals surface area contributed by atoms with E-state index in [1.165, 1.54) is 37.3 Å². The zero-order valence-corrected chi connectivity index (χ0v) is 23.2. The average Bonchev–Trinajstić information content (AvgIpc) is 2.91. The number of amides is 2. The van der Waals surface area contributed by atoms with Crippen LogP contribution in [0.2, 0.25) is 0 Å². The van der Waals surface area contributed by atoms with Gasteiger partial charge in [0.05, 0.1) is 5.56 Å². The van der Waals surface area contributed by atoms with Crippen LogP contribution in [0.25, 0.3) is 0 Å². The van der Waals surface area contributed by atoms with E-state index in [1.54, 1.807) is 23.1 Å². The molecule has 1 heterocycles. The van der Waals surface area contributed by atoms with E-state index in [0.717, 1.165) is 57.9 Å². The Hall–Kier alpha value is -2.21. The minimum atomic E-state index is -0.461. The fourth-order valence-electron chi connectivity index (χ4n) is 6.45. The molecule has 0 radical (unpaired) electrons. The summed E-state index contributed by atoms with van der Waals surface area (Å²) in [6.07, 6.45) is 11.2. The van der Waals surface area contributed by atoms with E-state index in [4.69, 9.17) is 0 Å². The van der Waals surface area contributed by atoms with E-state index in [1.807, 2.05) is 0 Å². The van der Waals surface area contributed by atoms with Gasteiger partial charge in [-0.05, 0) is 48.6 Å². The minimum Gasteiger partial charge on any atom is -0.337 e. The second kappa shape index (κ2) is 12.6. The molecule has 5 rings (SSSR count). The number of piperazine rings is 1. The van der Waals surface area contributed by atoms with Gasteiger partial charge in [-0.15, -0.1) is 0 Å². The van der Waals surface area contributed by atoms with E-state index >= 15 is 0 Å². The molecule has 2 amide bonds. The lowest BCUT2D eigenvalue weighted by Crippen LogP contribution is -2.52. The maximum absolute atomic E-state index is 14.1. The van der Waals surface area contributed by atoms with Crippen LogP contribution in [0.3, 0.4) is 0 Å². The molecule has 2 bridgehead atoms. The van der Waals surface area contributed by atoms with Gasteiger partial charge < -0.3 is 9.80 Å². The number of halogens is 1. The third kappa shape index (κ3) is 6.63. The second-order valence-electron chi connectivity index (χ2n) is 11.9. The lowest BCUT2D eigenvalue weighted by atomic mass is 9.49. The number of carbonyl (C=O) groups is 2. The largest absolute Gasteiger partial charge is 0.337 e. The quantitative estimate of drug-likeness (QED) is 0.265. The summed E-state index contributed by atoms with van der Waals surface area (Å²) in [5.74, 6) is 0.997. The second-order valence-corrected chi connectivity index (χ2v) is 11.9. The summed E-state index contributed by atoms with van der Waals surface area (Å²) in [7, 11) is 0. The van der Waals surface area contributed by atoms with Gasteiger partial charge in [0.1, 0.15) is 5.82 Å². The molecule has 2 fully saturated rings. The van der Waals surface area contributed by atoms with Gasteiger partial charge in [-0.2, -0.15) is 0 Å². The predicted molar refractivity (Wildman–Crippen MR) is 147 cm³/mol. The number of hydrogen-bond acceptors (Lipinski definition) is 3. The van der Waals surface area contributed by atoms with Crippen LogP contribution in [-0.4, -0.2) is 72.3 Å². The molecule has 4 aliphatic rings. The van der Waals surface area contributed by atoms with Gasteiger partial charge in [-0.3, -0.25) is 14.5 Å². The van der Waals surface area contributed by atoms with E-state index in [-0.39, 0.29) is 17.4 Å². The van der Waals surface area contributed by atoms with Crippen LogP contribution in [0.1, 0.15) is 82.5 Å². The summed E-state index contributed by atoms with van der Waals surface area (Å²) < 4.78 is 14.1. The highest BCUT2D eigenvalue weighted by Crippen LogP contribution is 2.59. The Kier molecular flexibility index (Phi) is 9.44. The molecule has 1 aromatic rings. The monoisotopic (exact) mass is 511 g/mol. The molecule has 2 atom stereocenters. The van der Waals surface area contributed by atoms with Crippen LogP contribution in [-0.2, 0) is 4.79 Å². The number of fused-ring (bicyclic) bond motifs is 1. The molecule has 6 heteroatoms. The Morgan fingerprint density at radius 2 is 1.78 bits per heavy atom.